The number of benzene rings is 1. The summed E-state index contributed by atoms with van der Waals surface area (Å²) in [5.41, 5.74) is 2.42. The van der Waals surface area contributed by atoms with Crippen LogP contribution in [0.1, 0.15) is 5.56 Å². The van der Waals surface area contributed by atoms with Gasteiger partial charge in [0.25, 0.3) is 0 Å². The van der Waals surface area contributed by atoms with Gasteiger partial charge in [-0.1, -0.05) is 36.1 Å². The van der Waals surface area contributed by atoms with Gasteiger partial charge in [-0.25, -0.2) is 9.37 Å². The van der Waals surface area contributed by atoms with Gasteiger partial charge in [0.05, 0.1) is 6.33 Å². The molecule has 3 rings (SSSR count). The SMILES string of the molecule is Fc1cccc(CSc2n[nH]c(=S)c3nc[nH]c23)c1. The zero-order chi connectivity index (χ0) is 13.2. The molecule has 1 aromatic carbocycles. The van der Waals surface area contributed by atoms with E-state index in [1.807, 2.05) is 6.07 Å². The van der Waals surface area contributed by atoms with Crippen LogP contribution < -0.4 is 0 Å². The Morgan fingerprint density at radius 2 is 2.26 bits per heavy atom. The third-order valence-corrected chi connectivity index (χ3v) is 3.92. The average molecular weight is 292 g/mol. The first kappa shape index (κ1) is 12.3. The Balaban J connectivity index is 1.88. The fourth-order valence-electron chi connectivity index (χ4n) is 1.72. The number of imidazole rings is 1. The van der Waals surface area contributed by atoms with Gasteiger partial charge in [0, 0.05) is 5.75 Å². The van der Waals surface area contributed by atoms with Crippen molar-refractivity contribution in [1.82, 2.24) is 20.2 Å². The third-order valence-electron chi connectivity index (χ3n) is 2.59. The van der Waals surface area contributed by atoms with E-state index in [1.54, 1.807) is 12.4 Å². The van der Waals surface area contributed by atoms with Gasteiger partial charge in [-0.3, -0.25) is 5.10 Å². The van der Waals surface area contributed by atoms with Crippen molar-refractivity contribution in [2.24, 2.45) is 0 Å². The van der Waals surface area contributed by atoms with Gasteiger partial charge in [0.1, 0.15) is 26.5 Å². The van der Waals surface area contributed by atoms with E-state index in [9.17, 15) is 4.39 Å². The minimum Gasteiger partial charge on any atom is -0.342 e. The van der Waals surface area contributed by atoms with Crippen LogP contribution in [0.25, 0.3) is 11.0 Å². The maximum absolute atomic E-state index is 13.1. The van der Waals surface area contributed by atoms with Crippen molar-refractivity contribution in [2.75, 3.05) is 0 Å². The van der Waals surface area contributed by atoms with Crippen molar-refractivity contribution in [3.63, 3.8) is 0 Å². The van der Waals surface area contributed by atoms with Crippen molar-refractivity contribution in [3.8, 4) is 0 Å². The Hall–Kier alpha value is -1.73. The summed E-state index contributed by atoms with van der Waals surface area (Å²) in [6, 6.07) is 6.52. The monoisotopic (exact) mass is 292 g/mol. The van der Waals surface area contributed by atoms with Crippen molar-refractivity contribution in [3.05, 3.63) is 46.6 Å². The number of nitrogens with one attached hydrogen (secondary N) is 2. The van der Waals surface area contributed by atoms with E-state index in [4.69, 9.17) is 12.2 Å². The number of hydrogen-bond donors (Lipinski definition) is 2. The number of aromatic nitrogens is 4. The molecule has 96 valence electrons. The van der Waals surface area contributed by atoms with Gasteiger partial charge < -0.3 is 4.98 Å². The Morgan fingerprint density at radius 1 is 1.37 bits per heavy atom. The van der Waals surface area contributed by atoms with Crippen molar-refractivity contribution in [2.45, 2.75) is 10.8 Å². The molecule has 0 saturated heterocycles. The van der Waals surface area contributed by atoms with Crippen LogP contribution in [0.4, 0.5) is 4.39 Å². The van der Waals surface area contributed by atoms with Crippen LogP contribution in [0.3, 0.4) is 0 Å². The van der Waals surface area contributed by atoms with E-state index >= 15 is 0 Å². The molecule has 0 saturated carbocycles. The average Bonchev–Trinajstić information content (AvgIpc) is 2.88. The van der Waals surface area contributed by atoms with E-state index in [2.05, 4.69) is 20.2 Å². The zero-order valence-corrected chi connectivity index (χ0v) is 11.3. The predicted octanol–water partition coefficient (Wildman–Crippen LogP) is 3.45. The summed E-state index contributed by atoms with van der Waals surface area (Å²) in [4.78, 5) is 7.17. The number of rotatable bonds is 3. The first-order valence-corrected chi connectivity index (χ1v) is 6.92. The highest BCUT2D eigenvalue weighted by Gasteiger charge is 2.08. The highest BCUT2D eigenvalue weighted by atomic mass is 32.2. The Bertz CT molecular complexity index is 780. The quantitative estimate of drug-likeness (QED) is 0.573. The van der Waals surface area contributed by atoms with Crippen LogP contribution in [0.5, 0.6) is 0 Å². The maximum Gasteiger partial charge on any atom is 0.147 e. The second-order valence-electron chi connectivity index (χ2n) is 3.90. The molecule has 19 heavy (non-hydrogen) atoms. The number of nitrogens with zero attached hydrogens (tertiary/aromatic N) is 2. The number of H-pyrrole nitrogens is 2. The molecular weight excluding hydrogens is 283 g/mol. The van der Waals surface area contributed by atoms with Crippen LogP contribution in [0.2, 0.25) is 0 Å². The lowest BCUT2D eigenvalue weighted by Gasteiger charge is -2.02. The van der Waals surface area contributed by atoms with Crippen LogP contribution in [0, 0.1) is 10.5 Å². The fourth-order valence-corrected chi connectivity index (χ4v) is 2.82. The van der Waals surface area contributed by atoms with E-state index < -0.39 is 0 Å². The largest absolute Gasteiger partial charge is 0.342 e. The molecule has 0 radical (unpaired) electrons. The van der Waals surface area contributed by atoms with Gasteiger partial charge in [-0.2, -0.15) is 5.10 Å². The van der Waals surface area contributed by atoms with Gasteiger partial charge in [0.15, 0.2) is 0 Å². The molecule has 0 aliphatic carbocycles. The molecule has 0 unspecified atom stereocenters. The lowest BCUT2D eigenvalue weighted by atomic mass is 10.2. The van der Waals surface area contributed by atoms with E-state index in [1.165, 1.54) is 23.9 Å². The van der Waals surface area contributed by atoms with Gasteiger partial charge in [-0.05, 0) is 17.7 Å². The molecule has 7 heteroatoms. The first-order valence-electron chi connectivity index (χ1n) is 5.53. The molecular formula is C12H9FN4S2. The predicted molar refractivity (Wildman–Crippen MR) is 75.0 cm³/mol. The van der Waals surface area contributed by atoms with Gasteiger partial charge in [0.2, 0.25) is 0 Å². The lowest BCUT2D eigenvalue weighted by Crippen LogP contribution is -1.90. The normalized spacial score (nSPS) is 11.0. The second-order valence-corrected chi connectivity index (χ2v) is 5.27. The maximum atomic E-state index is 13.1. The van der Waals surface area contributed by atoms with E-state index in [0.717, 1.165) is 16.1 Å². The standard InChI is InChI=1S/C12H9FN4S2/c13-8-3-1-2-7(4-8)5-19-12-10-9(14-6-15-10)11(18)16-17-12/h1-4,6H,5H2,(H,14,15)(H,16,18). The van der Waals surface area contributed by atoms with E-state index in [-0.39, 0.29) is 5.82 Å². The minimum atomic E-state index is -0.231. The molecule has 0 aliphatic heterocycles. The van der Waals surface area contributed by atoms with Gasteiger partial charge in [-0.15, -0.1) is 0 Å². The molecule has 0 amide bonds. The Morgan fingerprint density at radius 3 is 3.11 bits per heavy atom. The molecule has 3 aromatic rings. The summed E-state index contributed by atoms with van der Waals surface area (Å²) < 4.78 is 13.6. The Kier molecular flexibility index (Phi) is 3.31. The molecule has 2 heterocycles. The summed E-state index contributed by atoms with van der Waals surface area (Å²) in [6.45, 7) is 0. The number of hydrogen-bond acceptors (Lipinski definition) is 4. The smallest absolute Gasteiger partial charge is 0.147 e. The summed E-state index contributed by atoms with van der Waals surface area (Å²) in [6.07, 6.45) is 1.59. The molecule has 2 aromatic heterocycles. The lowest BCUT2D eigenvalue weighted by molar-refractivity contribution is 0.626. The summed E-state index contributed by atoms with van der Waals surface area (Å²) in [5, 5.41) is 7.72. The molecule has 0 fully saturated rings. The molecule has 4 nitrogen and oxygen atoms in total. The Labute approximate surface area is 117 Å². The van der Waals surface area contributed by atoms with Crippen LogP contribution in [0.15, 0.2) is 35.6 Å². The van der Waals surface area contributed by atoms with Crippen molar-refractivity contribution in [1.29, 1.82) is 0 Å². The van der Waals surface area contributed by atoms with Crippen molar-refractivity contribution >= 4 is 35.0 Å². The molecule has 0 aliphatic rings. The molecule has 0 bridgehead atoms. The number of aromatic amines is 2. The topological polar surface area (TPSA) is 57.4 Å². The highest BCUT2D eigenvalue weighted by Crippen LogP contribution is 2.26. The third kappa shape index (κ3) is 2.52. The number of fused-ring (bicyclic) bond motifs is 1. The summed E-state index contributed by atoms with van der Waals surface area (Å²) >= 11 is 6.60. The van der Waals surface area contributed by atoms with Crippen LogP contribution in [-0.4, -0.2) is 20.2 Å². The summed E-state index contributed by atoms with van der Waals surface area (Å²) in [5.74, 6) is 0.397. The molecule has 0 atom stereocenters. The first-order chi connectivity index (χ1) is 9.24. The van der Waals surface area contributed by atoms with Crippen LogP contribution in [-0.2, 0) is 5.75 Å². The summed E-state index contributed by atoms with van der Waals surface area (Å²) in [7, 11) is 0. The van der Waals surface area contributed by atoms with Crippen molar-refractivity contribution < 1.29 is 4.39 Å². The minimum absolute atomic E-state index is 0.231. The number of thioether (sulfide) groups is 1. The van der Waals surface area contributed by atoms with Crippen LogP contribution >= 0.6 is 24.0 Å². The zero-order valence-electron chi connectivity index (χ0n) is 9.68. The van der Waals surface area contributed by atoms with Gasteiger partial charge >= 0.3 is 0 Å². The fraction of sp³-hybridized carbons (Fsp3) is 0.0833. The molecule has 0 spiro atoms. The molecule has 2 N–H and O–H groups in total. The second kappa shape index (κ2) is 5.10. The number of halogens is 1. The van der Waals surface area contributed by atoms with E-state index in [0.29, 0.717) is 15.9 Å². The highest BCUT2D eigenvalue weighted by molar-refractivity contribution is 7.98.